The van der Waals surface area contributed by atoms with Gasteiger partial charge in [0.05, 0.1) is 6.61 Å². The van der Waals surface area contributed by atoms with Gasteiger partial charge in [0, 0.05) is 14.6 Å². The van der Waals surface area contributed by atoms with Crippen LogP contribution >= 0.6 is 0 Å². The maximum atomic E-state index is 11.0. The topological polar surface area (TPSA) is 26.3 Å². The smallest absolute Gasteiger partial charge is 0.305 e. The second-order valence-electron chi connectivity index (χ2n) is 1.82. The number of carbonyl (C=O) groups excluding carboxylic acids is 1. The first-order valence-electron chi connectivity index (χ1n) is 6.26. The molecule has 0 radical (unpaired) electrons. The summed E-state index contributed by atoms with van der Waals surface area (Å²) in [5, 5.41) is 0. The van der Waals surface area contributed by atoms with Crippen molar-refractivity contribution in [3.05, 3.63) is 0 Å². The van der Waals surface area contributed by atoms with E-state index in [1.54, 1.807) is 0 Å². The molecule has 0 unspecified atom stereocenters. The second-order valence-corrected chi connectivity index (χ2v) is 1.82. The standard InChI is InChI=1S/C8H16O2/c1-3-5-7-10-8(9)6-4-2/h3-7H2,1-2H3/i1D3,2D3. The lowest BCUT2D eigenvalue weighted by atomic mass is 10.3. The summed E-state index contributed by atoms with van der Waals surface area (Å²) in [4.78, 5) is 11.0. The van der Waals surface area contributed by atoms with Crippen molar-refractivity contribution in [3.63, 3.8) is 0 Å². The predicted octanol–water partition coefficient (Wildman–Crippen LogP) is 2.13. The molecule has 60 valence electrons. The van der Waals surface area contributed by atoms with Crippen LogP contribution in [0.25, 0.3) is 0 Å². The highest BCUT2D eigenvalue weighted by molar-refractivity contribution is 5.69. The van der Waals surface area contributed by atoms with Crippen molar-refractivity contribution in [2.45, 2.75) is 39.4 Å². The van der Waals surface area contributed by atoms with Crippen molar-refractivity contribution in [2.24, 2.45) is 0 Å². The second kappa shape index (κ2) is 6.59. The van der Waals surface area contributed by atoms with Crippen molar-refractivity contribution >= 4 is 5.97 Å². The van der Waals surface area contributed by atoms with Crippen LogP contribution < -0.4 is 0 Å². The van der Waals surface area contributed by atoms with Crippen LogP contribution in [0, 0.1) is 0 Å². The molecule has 0 saturated heterocycles. The van der Waals surface area contributed by atoms with Gasteiger partial charge < -0.3 is 4.74 Å². The molecule has 0 aliphatic heterocycles. The first-order chi connectivity index (χ1) is 7.10. The third kappa shape index (κ3) is 5.60. The molecule has 0 aliphatic carbocycles. The lowest BCUT2D eigenvalue weighted by Gasteiger charge is -2.00. The van der Waals surface area contributed by atoms with E-state index in [0.29, 0.717) is 0 Å². The van der Waals surface area contributed by atoms with E-state index in [4.69, 9.17) is 13.0 Å². The Kier molecular flexibility index (Phi) is 2.14. The zero-order valence-electron chi connectivity index (χ0n) is 11.9. The van der Waals surface area contributed by atoms with Crippen molar-refractivity contribution in [3.8, 4) is 0 Å². The minimum absolute atomic E-state index is 0.0143. The van der Waals surface area contributed by atoms with Gasteiger partial charge in [-0.3, -0.25) is 4.79 Å². The minimum Gasteiger partial charge on any atom is -0.466 e. The Balaban J connectivity index is 3.52. The Labute approximate surface area is 71.0 Å². The number of hydrogen-bond donors (Lipinski definition) is 0. The van der Waals surface area contributed by atoms with Crippen molar-refractivity contribution in [1.29, 1.82) is 0 Å². The number of carbonyl (C=O) groups is 1. The molecule has 0 aliphatic rings. The highest BCUT2D eigenvalue weighted by Gasteiger charge is 1.97. The summed E-state index contributed by atoms with van der Waals surface area (Å²) < 4.78 is 46.0. The number of ether oxygens (including phenoxy) is 1. The fraction of sp³-hybridized carbons (Fsp3) is 0.875. The SMILES string of the molecule is [2H]C([2H])([2H])CCCOC(=O)CCC([2H])([2H])[2H]. The molecule has 0 bridgehead atoms. The quantitative estimate of drug-likeness (QED) is 0.443. The molecule has 0 spiro atoms. The molecule has 10 heavy (non-hydrogen) atoms. The molecule has 0 aromatic carbocycles. The van der Waals surface area contributed by atoms with Crippen LogP contribution in [0.5, 0.6) is 0 Å². The molecule has 2 heteroatoms. The lowest BCUT2D eigenvalue weighted by molar-refractivity contribution is -0.143. The van der Waals surface area contributed by atoms with Crippen LogP contribution in [0.3, 0.4) is 0 Å². The number of rotatable bonds is 5. The monoisotopic (exact) mass is 150 g/mol. The van der Waals surface area contributed by atoms with Gasteiger partial charge in [-0.25, -0.2) is 0 Å². The summed E-state index contributed by atoms with van der Waals surface area (Å²) in [6.45, 7) is -4.11. The average molecular weight is 150 g/mol. The average Bonchev–Trinajstić information content (AvgIpc) is 2.06. The molecule has 0 amide bonds. The summed E-state index contributed by atoms with van der Waals surface area (Å²) in [6, 6.07) is 0. The fourth-order valence-corrected chi connectivity index (χ4v) is 0.432. The van der Waals surface area contributed by atoms with Crippen LogP contribution in [-0.2, 0) is 9.53 Å². The van der Waals surface area contributed by atoms with Gasteiger partial charge in [0.1, 0.15) is 0 Å². The summed E-state index contributed by atoms with van der Waals surface area (Å²) in [6.07, 6.45) is -0.134. The lowest BCUT2D eigenvalue weighted by Crippen LogP contribution is -2.04. The normalized spacial score (nSPS) is 20.8. The fourth-order valence-electron chi connectivity index (χ4n) is 0.432. The minimum atomic E-state index is -2.13. The summed E-state index contributed by atoms with van der Waals surface area (Å²) in [5.74, 6) is -0.596. The Morgan fingerprint density at radius 3 is 3.00 bits per heavy atom. The summed E-state index contributed by atoms with van der Waals surface area (Å²) in [7, 11) is 0. The Bertz CT molecular complexity index is 220. The number of hydrogen-bond acceptors (Lipinski definition) is 2. The molecule has 0 fully saturated rings. The first-order valence-corrected chi connectivity index (χ1v) is 3.26. The van der Waals surface area contributed by atoms with E-state index in [9.17, 15) is 4.79 Å². The van der Waals surface area contributed by atoms with E-state index in [-0.39, 0.29) is 32.3 Å². The first kappa shape index (κ1) is 3.24. The van der Waals surface area contributed by atoms with Crippen molar-refractivity contribution < 1.29 is 17.8 Å². The Morgan fingerprint density at radius 1 is 1.50 bits per heavy atom. The third-order valence-corrected chi connectivity index (χ3v) is 0.913. The van der Waals surface area contributed by atoms with Gasteiger partial charge >= 0.3 is 5.97 Å². The zero-order chi connectivity index (χ0) is 12.8. The van der Waals surface area contributed by atoms with E-state index in [0.717, 1.165) is 0 Å². The van der Waals surface area contributed by atoms with E-state index in [2.05, 4.69) is 0 Å². The van der Waals surface area contributed by atoms with Gasteiger partial charge in [0.25, 0.3) is 0 Å². The largest absolute Gasteiger partial charge is 0.466 e. The zero-order valence-corrected chi connectivity index (χ0v) is 5.85. The van der Waals surface area contributed by atoms with E-state index < -0.39 is 19.7 Å². The third-order valence-electron chi connectivity index (χ3n) is 0.913. The molecular weight excluding hydrogens is 128 g/mol. The van der Waals surface area contributed by atoms with Crippen molar-refractivity contribution in [2.75, 3.05) is 6.61 Å². The molecule has 0 aromatic heterocycles. The van der Waals surface area contributed by atoms with Crippen LogP contribution in [-0.4, -0.2) is 12.6 Å². The molecule has 0 heterocycles. The highest BCUT2D eigenvalue weighted by Crippen LogP contribution is 1.93. The van der Waals surface area contributed by atoms with Gasteiger partial charge in [-0.2, -0.15) is 0 Å². The predicted molar refractivity (Wildman–Crippen MR) is 40.8 cm³/mol. The van der Waals surface area contributed by atoms with Crippen molar-refractivity contribution in [1.82, 2.24) is 0 Å². The summed E-state index contributed by atoms with van der Waals surface area (Å²) >= 11 is 0. The van der Waals surface area contributed by atoms with Crippen LogP contribution in [0.4, 0.5) is 0 Å². The van der Waals surface area contributed by atoms with E-state index >= 15 is 0 Å². The van der Waals surface area contributed by atoms with Crippen LogP contribution in [0.1, 0.15) is 47.6 Å². The van der Waals surface area contributed by atoms with Crippen LogP contribution in [0.15, 0.2) is 0 Å². The molecular formula is C8H16O2. The molecule has 0 saturated carbocycles. The summed E-state index contributed by atoms with van der Waals surface area (Å²) in [5.41, 5.74) is 0. The Hall–Kier alpha value is -0.530. The van der Waals surface area contributed by atoms with Gasteiger partial charge in [-0.15, -0.1) is 0 Å². The molecule has 0 rings (SSSR count). The Morgan fingerprint density at radius 2 is 2.30 bits per heavy atom. The molecule has 2 nitrogen and oxygen atoms in total. The van der Waals surface area contributed by atoms with Crippen LogP contribution in [0.2, 0.25) is 0 Å². The van der Waals surface area contributed by atoms with Gasteiger partial charge in [0.15, 0.2) is 0 Å². The molecule has 0 atom stereocenters. The van der Waals surface area contributed by atoms with Gasteiger partial charge in [0.2, 0.25) is 0 Å². The number of esters is 1. The molecule has 0 aromatic rings. The van der Waals surface area contributed by atoms with E-state index in [1.165, 1.54) is 0 Å². The van der Waals surface area contributed by atoms with Gasteiger partial charge in [-0.05, 0) is 12.8 Å². The molecule has 0 N–H and O–H groups in total. The maximum Gasteiger partial charge on any atom is 0.305 e. The van der Waals surface area contributed by atoms with Gasteiger partial charge in [-0.1, -0.05) is 20.1 Å². The van der Waals surface area contributed by atoms with E-state index in [1.807, 2.05) is 0 Å². The highest BCUT2D eigenvalue weighted by atomic mass is 16.5. The maximum absolute atomic E-state index is 11.0.